The highest BCUT2D eigenvalue weighted by Gasteiger charge is 2.50. The zero-order chi connectivity index (χ0) is 16.2. The molecule has 120 valence electrons. The van der Waals surface area contributed by atoms with E-state index in [0.29, 0.717) is 0 Å². The summed E-state index contributed by atoms with van der Waals surface area (Å²) < 4.78 is 33.4. The van der Waals surface area contributed by atoms with Crippen molar-refractivity contribution in [2.45, 2.75) is 51.5 Å². The van der Waals surface area contributed by atoms with Gasteiger partial charge in [-0.05, 0) is 0 Å². The van der Waals surface area contributed by atoms with E-state index in [2.05, 4.69) is 9.47 Å². The minimum atomic E-state index is -2.03. The molecule has 21 heavy (non-hydrogen) atoms. The van der Waals surface area contributed by atoms with Gasteiger partial charge in [-0.3, -0.25) is 14.4 Å². The van der Waals surface area contributed by atoms with E-state index in [1.165, 1.54) is 0 Å². The van der Waals surface area contributed by atoms with E-state index in [0.717, 1.165) is 20.8 Å². The molecule has 1 fully saturated rings. The zero-order valence-corrected chi connectivity index (χ0v) is 11.8. The Morgan fingerprint density at radius 3 is 2.05 bits per heavy atom. The lowest BCUT2D eigenvalue weighted by molar-refractivity contribution is -0.283. The largest absolute Gasteiger partial charge is 0.463 e. The number of carbonyl (C=O) groups excluding carboxylic acids is 3. The van der Waals surface area contributed by atoms with Gasteiger partial charge in [0, 0.05) is 20.8 Å². The van der Waals surface area contributed by atoms with Gasteiger partial charge in [0.05, 0.1) is 0 Å². The quantitative estimate of drug-likeness (QED) is 0.545. The molecule has 0 aromatic rings. The first kappa shape index (κ1) is 17.3. The third-order valence-corrected chi connectivity index (χ3v) is 2.64. The zero-order valence-electron chi connectivity index (χ0n) is 11.8. The molecule has 0 aliphatic carbocycles. The Kier molecular flexibility index (Phi) is 6.03. The van der Waals surface area contributed by atoms with Gasteiger partial charge >= 0.3 is 17.9 Å². The maximum atomic E-state index is 14.3. The van der Waals surface area contributed by atoms with Crippen molar-refractivity contribution in [1.29, 1.82) is 0 Å². The van der Waals surface area contributed by atoms with Crippen LogP contribution in [-0.2, 0) is 33.3 Å². The summed E-state index contributed by atoms with van der Waals surface area (Å²) in [6.07, 6.45) is -8.12. The summed E-state index contributed by atoms with van der Waals surface area (Å²) in [6.45, 7) is 2.80. The van der Waals surface area contributed by atoms with Gasteiger partial charge in [0.2, 0.25) is 0 Å². The molecule has 1 aliphatic heterocycles. The van der Waals surface area contributed by atoms with Crippen LogP contribution in [0.15, 0.2) is 0 Å². The van der Waals surface area contributed by atoms with Crippen LogP contribution in [0, 0.1) is 0 Å². The molecular formula is C12H17FO8. The third-order valence-electron chi connectivity index (χ3n) is 2.64. The lowest BCUT2D eigenvalue weighted by Crippen LogP contribution is -2.59. The van der Waals surface area contributed by atoms with Gasteiger partial charge < -0.3 is 24.1 Å². The molecule has 0 radical (unpaired) electrons. The summed E-state index contributed by atoms with van der Waals surface area (Å²) in [7, 11) is 0. The van der Waals surface area contributed by atoms with Crippen molar-refractivity contribution in [3.8, 4) is 0 Å². The van der Waals surface area contributed by atoms with Crippen molar-refractivity contribution in [2.75, 3.05) is 6.61 Å². The fourth-order valence-electron chi connectivity index (χ4n) is 1.86. The number of alkyl halides is 1. The van der Waals surface area contributed by atoms with Crippen LogP contribution in [0.1, 0.15) is 20.8 Å². The molecule has 0 aromatic heterocycles. The van der Waals surface area contributed by atoms with Crippen molar-refractivity contribution >= 4 is 17.9 Å². The highest BCUT2D eigenvalue weighted by atomic mass is 19.1. The van der Waals surface area contributed by atoms with Crippen LogP contribution in [0.2, 0.25) is 0 Å². The molecule has 0 spiro atoms. The molecule has 1 aliphatic rings. The Labute approximate surface area is 120 Å². The molecule has 1 heterocycles. The van der Waals surface area contributed by atoms with Crippen LogP contribution in [0.4, 0.5) is 4.39 Å². The molecule has 3 unspecified atom stereocenters. The number of aliphatic hydroxyl groups excluding tert-OH is 1. The van der Waals surface area contributed by atoms with Gasteiger partial charge in [0.25, 0.3) is 0 Å². The average Bonchev–Trinajstić information content (AvgIpc) is 2.35. The Morgan fingerprint density at radius 2 is 1.57 bits per heavy atom. The van der Waals surface area contributed by atoms with Gasteiger partial charge in [-0.2, -0.15) is 0 Å². The summed E-state index contributed by atoms with van der Waals surface area (Å²) >= 11 is 0. The van der Waals surface area contributed by atoms with Crippen molar-refractivity contribution < 1.29 is 42.8 Å². The Morgan fingerprint density at radius 1 is 1.05 bits per heavy atom. The van der Waals surface area contributed by atoms with E-state index < -0.39 is 55.3 Å². The van der Waals surface area contributed by atoms with Gasteiger partial charge in [0.1, 0.15) is 12.7 Å². The van der Waals surface area contributed by atoms with E-state index >= 15 is 0 Å². The summed E-state index contributed by atoms with van der Waals surface area (Å²) in [5.74, 6) is -2.27. The smallest absolute Gasteiger partial charge is 0.303 e. The molecule has 0 aromatic carbocycles. The van der Waals surface area contributed by atoms with E-state index in [9.17, 15) is 23.9 Å². The first-order valence-corrected chi connectivity index (χ1v) is 6.17. The minimum absolute atomic E-state index is 0.419. The number of rotatable bonds is 4. The summed E-state index contributed by atoms with van der Waals surface area (Å²) in [5, 5.41) is 9.66. The first-order chi connectivity index (χ1) is 9.72. The highest BCUT2D eigenvalue weighted by molar-refractivity contribution is 5.67. The Balaban J connectivity index is 2.86. The number of esters is 3. The highest BCUT2D eigenvalue weighted by Crippen LogP contribution is 2.27. The SMILES string of the molecule is CC(=O)OCC1O[C@@H](O)C(OC(C)=O)C(F)[C@@H]1OC(C)=O. The summed E-state index contributed by atoms with van der Waals surface area (Å²) in [6, 6.07) is 0. The average molecular weight is 308 g/mol. The van der Waals surface area contributed by atoms with Gasteiger partial charge in [-0.15, -0.1) is 0 Å². The second-order valence-electron chi connectivity index (χ2n) is 4.46. The molecule has 0 amide bonds. The van der Waals surface area contributed by atoms with Crippen molar-refractivity contribution in [1.82, 2.24) is 0 Å². The molecule has 0 saturated carbocycles. The van der Waals surface area contributed by atoms with Gasteiger partial charge in [0.15, 0.2) is 24.7 Å². The van der Waals surface area contributed by atoms with Gasteiger partial charge in [-0.25, -0.2) is 4.39 Å². The number of halogens is 1. The van der Waals surface area contributed by atoms with E-state index in [1.54, 1.807) is 0 Å². The minimum Gasteiger partial charge on any atom is -0.463 e. The standard InChI is InChI=1S/C12H17FO8/c1-5(14)18-4-8-10(19-6(2)15)9(13)11(12(17)21-8)20-7(3)16/h8-12,17H,4H2,1-3H3/t8?,9?,10-,11?,12-/m1/s1. The Hall–Kier alpha value is -1.74. The van der Waals surface area contributed by atoms with Crippen LogP contribution in [0.5, 0.6) is 0 Å². The fraction of sp³-hybridized carbons (Fsp3) is 0.750. The number of ether oxygens (including phenoxy) is 4. The molecule has 9 heteroatoms. The lowest BCUT2D eigenvalue weighted by Gasteiger charge is -2.39. The molecular weight excluding hydrogens is 291 g/mol. The molecule has 8 nitrogen and oxygen atoms in total. The maximum Gasteiger partial charge on any atom is 0.303 e. The normalized spacial score (nSPS) is 32.1. The molecule has 1 rings (SSSR count). The summed E-state index contributed by atoms with van der Waals surface area (Å²) in [4.78, 5) is 32.7. The maximum absolute atomic E-state index is 14.3. The fourth-order valence-corrected chi connectivity index (χ4v) is 1.86. The van der Waals surface area contributed by atoms with Crippen molar-refractivity contribution in [3.63, 3.8) is 0 Å². The van der Waals surface area contributed by atoms with Crippen molar-refractivity contribution in [3.05, 3.63) is 0 Å². The van der Waals surface area contributed by atoms with Gasteiger partial charge in [-0.1, -0.05) is 0 Å². The Bertz CT molecular complexity index is 410. The van der Waals surface area contributed by atoms with Crippen LogP contribution < -0.4 is 0 Å². The summed E-state index contributed by atoms with van der Waals surface area (Å²) in [5.41, 5.74) is 0. The number of carbonyl (C=O) groups is 3. The van der Waals surface area contributed by atoms with E-state index in [-0.39, 0.29) is 0 Å². The van der Waals surface area contributed by atoms with E-state index in [4.69, 9.17) is 9.47 Å². The number of aliphatic hydroxyl groups is 1. The van der Waals surface area contributed by atoms with Crippen LogP contribution in [0.3, 0.4) is 0 Å². The monoisotopic (exact) mass is 308 g/mol. The lowest BCUT2D eigenvalue weighted by atomic mass is 10.00. The number of hydrogen-bond acceptors (Lipinski definition) is 8. The van der Waals surface area contributed by atoms with Crippen LogP contribution >= 0.6 is 0 Å². The molecule has 1 N–H and O–H groups in total. The number of hydrogen-bond donors (Lipinski definition) is 1. The third kappa shape index (κ3) is 4.94. The van der Waals surface area contributed by atoms with Crippen molar-refractivity contribution in [2.24, 2.45) is 0 Å². The first-order valence-electron chi connectivity index (χ1n) is 6.17. The predicted molar refractivity (Wildman–Crippen MR) is 63.5 cm³/mol. The second kappa shape index (κ2) is 7.32. The predicted octanol–water partition coefficient (Wildman–Crippen LogP) is -0.532. The second-order valence-corrected chi connectivity index (χ2v) is 4.46. The molecule has 1 saturated heterocycles. The van der Waals surface area contributed by atoms with E-state index in [1.807, 2.05) is 0 Å². The molecule has 0 bridgehead atoms. The van der Waals surface area contributed by atoms with Crippen LogP contribution in [-0.4, -0.2) is 60.4 Å². The topological polar surface area (TPSA) is 108 Å². The van der Waals surface area contributed by atoms with Crippen LogP contribution in [0.25, 0.3) is 0 Å². The molecule has 5 atom stereocenters.